The molecule has 0 radical (unpaired) electrons. The Morgan fingerprint density at radius 3 is 2.15 bits per heavy atom. The van der Waals surface area contributed by atoms with Crippen LogP contribution >= 0.6 is 11.6 Å². The van der Waals surface area contributed by atoms with E-state index < -0.39 is 23.7 Å². The number of fused-ring (bicyclic) bond motifs is 1. The number of rotatable bonds is 12. The molecule has 4 aromatic carbocycles. The number of halogens is 4. The standard InChI is InChI=1S/C31H27ClF3NO3.C10H11NO2/c32-28-19-25(22-11-13-27(14-12-22)31(33,34)35)9-10-26(28)20-39-29-4-2-1-3-23(29)16-18-36-17-15-21-5-7-24(8-6-21)30(37)38;12-10(13)9-6-5-7-3-1-2-4-8(7)11-9/h1-14,19,36H,15-18,20H2,(H,37,38);5-6H,1-4H2,(H,12,13). The van der Waals surface area contributed by atoms with Crippen molar-refractivity contribution in [3.05, 3.63) is 153 Å². The smallest absolute Gasteiger partial charge is 0.416 e. The van der Waals surface area contributed by atoms with Crippen LogP contribution in [-0.2, 0) is 38.5 Å². The maximum absolute atomic E-state index is 12.8. The molecule has 3 N–H and O–H groups in total. The molecular weight excluding hydrogens is 693 g/mol. The van der Waals surface area contributed by atoms with Crippen LogP contribution in [0.1, 0.15) is 67.2 Å². The highest BCUT2D eigenvalue weighted by atomic mass is 35.5. The normalized spacial score (nSPS) is 12.3. The van der Waals surface area contributed by atoms with Crippen molar-refractivity contribution in [3.63, 3.8) is 0 Å². The Bertz CT molecular complexity index is 1980. The van der Waals surface area contributed by atoms with Gasteiger partial charge in [-0.2, -0.15) is 13.2 Å². The van der Waals surface area contributed by atoms with Crippen LogP contribution in [0.4, 0.5) is 13.2 Å². The summed E-state index contributed by atoms with van der Waals surface area (Å²) in [4.78, 5) is 25.7. The molecule has 1 heterocycles. The highest BCUT2D eigenvalue weighted by Crippen LogP contribution is 2.32. The van der Waals surface area contributed by atoms with Crippen LogP contribution in [0.3, 0.4) is 0 Å². The minimum atomic E-state index is -4.37. The highest BCUT2D eigenvalue weighted by molar-refractivity contribution is 6.31. The highest BCUT2D eigenvalue weighted by Gasteiger charge is 2.30. The fourth-order valence-corrected chi connectivity index (χ4v) is 6.03. The van der Waals surface area contributed by atoms with E-state index in [1.54, 1.807) is 24.3 Å². The zero-order valence-electron chi connectivity index (χ0n) is 28.3. The lowest BCUT2D eigenvalue weighted by molar-refractivity contribution is -0.137. The van der Waals surface area contributed by atoms with E-state index in [1.807, 2.05) is 54.6 Å². The van der Waals surface area contributed by atoms with Crippen molar-refractivity contribution >= 4 is 23.5 Å². The van der Waals surface area contributed by atoms with Crippen molar-refractivity contribution in [2.24, 2.45) is 0 Å². The summed E-state index contributed by atoms with van der Waals surface area (Å²) in [6, 6.07) is 28.5. The molecule has 0 amide bonds. The van der Waals surface area contributed by atoms with Gasteiger partial charge in [-0.1, -0.05) is 72.3 Å². The Labute approximate surface area is 305 Å². The van der Waals surface area contributed by atoms with Crippen LogP contribution in [0.25, 0.3) is 11.1 Å². The second-order valence-corrected chi connectivity index (χ2v) is 12.8. The second-order valence-electron chi connectivity index (χ2n) is 12.3. The molecule has 0 saturated heterocycles. The zero-order chi connectivity index (χ0) is 37.1. The van der Waals surface area contributed by atoms with Gasteiger partial charge < -0.3 is 20.3 Å². The first-order chi connectivity index (χ1) is 25.0. The Hall–Kier alpha value is -5.19. The quantitative estimate of drug-likeness (QED) is 0.110. The van der Waals surface area contributed by atoms with E-state index in [2.05, 4.69) is 10.3 Å². The minimum Gasteiger partial charge on any atom is -0.489 e. The summed E-state index contributed by atoms with van der Waals surface area (Å²) in [5.41, 5.74) is 6.21. The molecule has 0 unspecified atom stereocenters. The van der Waals surface area contributed by atoms with E-state index in [0.29, 0.717) is 10.6 Å². The van der Waals surface area contributed by atoms with Crippen LogP contribution in [0, 0.1) is 0 Å². The number of benzene rings is 4. The maximum Gasteiger partial charge on any atom is 0.416 e. The molecule has 0 bridgehead atoms. The van der Waals surface area contributed by atoms with Gasteiger partial charge in [-0.25, -0.2) is 14.6 Å². The fraction of sp³-hybridized carbons (Fsp3) is 0.244. The number of hydrogen-bond donors (Lipinski definition) is 3. The largest absolute Gasteiger partial charge is 0.489 e. The number of alkyl halides is 3. The lowest BCUT2D eigenvalue weighted by Gasteiger charge is -2.14. The van der Waals surface area contributed by atoms with Crippen molar-refractivity contribution in [2.75, 3.05) is 13.1 Å². The minimum absolute atomic E-state index is 0.167. The van der Waals surface area contributed by atoms with Gasteiger partial charge in [0.1, 0.15) is 18.1 Å². The van der Waals surface area contributed by atoms with Crippen LogP contribution in [0.5, 0.6) is 5.75 Å². The van der Waals surface area contributed by atoms with Crippen molar-refractivity contribution in [2.45, 2.75) is 51.3 Å². The molecule has 0 saturated carbocycles. The van der Waals surface area contributed by atoms with Crippen LogP contribution < -0.4 is 10.1 Å². The summed E-state index contributed by atoms with van der Waals surface area (Å²) < 4.78 is 44.6. The summed E-state index contributed by atoms with van der Waals surface area (Å²) in [6.07, 6.45) is 1.47. The Balaban J connectivity index is 0.000000335. The van der Waals surface area contributed by atoms with Crippen molar-refractivity contribution in [1.29, 1.82) is 0 Å². The van der Waals surface area contributed by atoms with Gasteiger partial charge in [-0.05, 0) is 122 Å². The fourth-order valence-electron chi connectivity index (χ4n) is 5.80. The van der Waals surface area contributed by atoms with E-state index in [0.717, 1.165) is 91.0 Å². The molecule has 1 aromatic heterocycles. The molecule has 0 spiro atoms. The van der Waals surface area contributed by atoms with Crippen molar-refractivity contribution < 1.29 is 37.7 Å². The molecule has 7 nitrogen and oxygen atoms in total. The van der Waals surface area contributed by atoms with E-state index in [1.165, 1.54) is 24.1 Å². The number of nitrogens with one attached hydrogen (secondary N) is 1. The molecule has 6 rings (SSSR count). The molecule has 11 heteroatoms. The number of aromatic nitrogens is 1. The number of carboxylic acids is 2. The molecule has 5 aromatic rings. The van der Waals surface area contributed by atoms with Gasteiger partial charge in [0.05, 0.1) is 11.1 Å². The average Bonchev–Trinajstić information content (AvgIpc) is 3.14. The van der Waals surface area contributed by atoms with Gasteiger partial charge in [-0.3, -0.25) is 0 Å². The maximum atomic E-state index is 12.8. The van der Waals surface area contributed by atoms with Gasteiger partial charge in [0, 0.05) is 16.3 Å². The van der Waals surface area contributed by atoms with Gasteiger partial charge in [0.2, 0.25) is 0 Å². The van der Waals surface area contributed by atoms with E-state index >= 15 is 0 Å². The number of carboxylic acid groups (broad SMARTS) is 2. The molecular formula is C41H38ClF3N2O5. The Morgan fingerprint density at radius 2 is 1.46 bits per heavy atom. The SMILES string of the molecule is O=C(O)c1ccc(CCNCCc2ccccc2OCc2ccc(-c3ccc(C(F)(F)F)cc3)cc2Cl)cc1.O=C(O)c1ccc2c(n1)CCCC2. The van der Waals surface area contributed by atoms with E-state index in [-0.39, 0.29) is 17.9 Å². The predicted octanol–water partition coefficient (Wildman–Crippen LogP) is 9.34. The molecule has 1 aliphatic rings. The molecule has 270 valence electrons. The molecule has 52 heavy (non-hydrogen) atoms. The lowest BCUT2D eigenvalue weighted by Crippen LogP contribution is -2.20. The number of pyridine rings is 1. The first-order valence-corrected chi connectivity index (χ1v) is 17.3. The summed E-state index contributed by atoms with van der Waals surface area (Å²) in [5, 5.41) is 21.6. The predicted molar refractivity (Wildman–Crippen MR) is 194 cm³/mol. The summed E-state index contributed by atoms with van der Waals surface area (Å²) in [7, 11) is 0. The van der Waals surface area contributed by atoms with Gasteiger partial charge in [0.25, 0.3) is 0 Å². The third-order valence-electron chi connectivity index (χ3n) is 8.71. The summed E-state index contributed by atoms with van der Waals surface area (Å²) >= 11 is 6.48. The molecule has 1 aliphatic carbocycles. The van der Waals surface area contributed by atoms with Crippen LogP contribution in [-0.4, -0.2) is 40.2 Å². The second kappa shape index (κ2) is 17.8. The molecule has 0 fully saturated rings. The number of para-hydroxylation sites is 1. The summed E-state index contributed by atoms with van der Waals surface area (Å²) in [6.45, 7) is 1.76. The van der Waals surface area contributed by atoms with Crippen molar-refractivity contribution in [3.8, 4) is 16.9 Å². The third-order valence-corrected chi connectivity index (χ3v) is 9.07. The van der Waals surface area contributed by atoms with E-state index in [9.17, 15) is 22.8 Å². The summed E-state index contributed by atoms with van der Waals surface area (Å²) in [5.74, 6) is -1.11. The van der Waals surface area contributed by atoms with Crippen molar-refractivity contribution in [1.82, 2.24) is 10.3 Å². The number of ether oxygens (including phenoxy) is 1. The Morgan fingerprint density at radius 1 is 0.769 bits per heavy atom. The number of carbonyl (C=O) groups is 2. The molecule has 0 aliphatic heterocycles. The number of aryl methyl sites for hydroxylation is 2. The number of hydrogen-bond acceptors (Lipinski definition) is 5. The molecule has 0 atom stereocenters. The lowest BCUT2D eigenvalue weighted by atomic mass is 9.96. The first kappa shape index (κ1) is 38.1. The van der Waals surface area contributed by atoms with E-state index in [4.69, 9.17) is 26.6 Å². The van der Waals surface area contributed by atoms with Gasteiger partial charge in [-0.15, -0.1) is 0 Å². The number of aromatic carboxylic acids is 2. The average molecular weight is 731 g/mol. The third kappa shape index (κ3) is 10.7. The van der Waals surface area contributed by atoms with Crippen LogP contribution in [0.2, 0.25) is 5.02 Å². The van der Waals surface area contributed by atoms with Crippen LogP contribution in [0.15, 0.2) is 103 Å². The number of nitrogens with zero attached hydrogens (tertiary/aromatic N) is 1. The Kier molecular flexibility index (Phi) is 13.1. The van der Waals surface area contributed by atoms with Gasteiger partial charge >= 0.3 is 18.1 Å². The first-order valence-electron chi connectivity index (χ1n) is 16.9. The van der Waals surface area contributed by atoms with Gasteiger partial charge in [0.15, 0.2) is 0 Å². The zero-order valence-corrected chi connectivity index (χ0v) is 29.0. The topological polar surface area (TPSA) is 109 Å². The monoisotopic (exact) mass is 730 g/mol.